The number of benzene rings is 2. The van der Waals surface area contributed by atoms with Crippen LogP contribution in [0.5, 0.6) is 11.5 Å². The van der Waals surface area contributed by atoms with Gasteiger partial charge >= 0.3 is 0 Å². The maximum absolute atomic E-state index is 5.95. The lowest BCUT2D eigenvalue weighted by Gasteiger charge is -2.13. The van der Waals surface area contributed by atoms with Gasteiger partial charge in [0.2, 0.25) is 0 Å². The van der Waals surface area contributed by atoms with Crippen LogP contribution in [-0.2, 0) is 19.4 Å². The molecule has 202 valence electrons. The van der Waals surface area contributed by atoms with E-state index < -0.39 is 0 Å². The Balaban J connectivity index is 1.38. The van der Waals surface area contributed by atoms with Crippen LogP contribution in [0.2, 0.25) is 0 Å². The van der Waals surface area contributed by atoms with Gasteiger partial charge in [-0.05, 0) is 73.2 Å². The molecule has 0 bridgehead atoms. The minimum Gasteiger partial charge on any atom is -0.497 e. The Labute approximate surface area is 234 Å². The lowest BCUT2D eigenvalue weighted by atomic mass is 9.99. The van der Waals surface area contributed by atoms with E-state index in [1.54, 1.807) is 14.2 Å². The number of ether oxygens (including phenoxy) is 2. The van der Waals surface area contributed by atoms with Crippen LogP contribution in [0.4, 0.5) is 0 Å². The number of rotatable bonds is 7. The number of aromatic nitrogens is 4. The van der Waals surface area contributed by atoms with Crippen molar-refractivity contribution in [3.8, 4) is 34.0 Å². The van der Waals surface area contributed by atoms with Gasteiger partial charge in [-0.25, -0.2) is 4.98 Å². The van der Waals surface area contributed by atoms with Crippen molar-refractivity contribution < 1.29 is 9.47 Å². The fraction of sp³-hybridized carbons (Fsp3) is 0.303. The van der Waals surface area contributed by atoms with Gasteiger partial charge in [-0.15, -0.1) is 0 Å². The first-order chi connectivity index (χ1) is 19.7. The van der Waals surface area contributed by atoms with Crippen LogP contribution in [0.15, 0.2) is 66.9 Å². The third-order valence-electron chi connectivity index (χ3n) is 8.34. The van der Waals surface area contributed by atoms with E-state index >= 15 is 0 Å². The van der Waals surface area contributed by atoms with Gasteiger partial charge in [0.1, 0.15) is 28.4 Å². The van der Waals surface area contributed by atoms with Gasteiger partial charge in [-0.1, -0.05) is 30.3 Å². The van der Waals surface area contributed by atoms with E-state index in [2.05, 4.69) is 53.8 Å². The first-order valence-corrected chi connectivity index (χ1v) is 14.1. The average molecular weight is 532 g/mol. The Kier molecular flexibility index (Phi) is 6.44. The maximum Gasteiger partial charge on any atom is 0.147 e. The van der Waals surface area contributed by atoms with Gasteiger partial charge < -0.3 is 14.8 Å². The number of aryl methyl sites for hydroxylation is 1. The Bertz CT molecular complexity index is 1670. The smallest absolute Gasteiger partial charge is 0.147 e. The minimum atomic E-state index is 0.465. The molecule has 1 fully saturated rings. The number of methoxy groups -OCH3 is 2. The lowest BCUT2D eigenvalue weighted by molar-refractivity contribution is 0.414. The molecule has 3 aromatic heterocycles. The normalized spacial score (nSPS) is 16.4. The third kappa shape index (κ3) is 4.40. The molecule has 0 radical (unpaired) electrons. The average Bonchev–Trinajstić information content (AvgIpc) is 3.78. The van der Waals surface area contributed by atoms with Crippen LogP contribution in [0.25, 0.3) is 33.5 Å². The molecule has 7 nitrogen and oxygen atoms in total. The third-order valence-corrected chi connectivity index (χ3v) is 8.34. The molecule has 1 atom stereocenters. The summed E-state index contributed by atoms with van der Waals surface area (Å²) >= 11 is 0. The molecule has 7 heteroatoms. The molecule has 0 amide bonds. The van der Waals surface area contributed by atoms with E-state index in [-0.39, 0.29) is 0 Å². The molecular weight excluding hydrogens is 498 g/mol. The van der Waals surface area contributed by atoms with Crippen LogP contribution in [0.1, 0.15) is 41.1 Å². The Hall–Kier alpha value is -4.23. The van der Waals surface area contributed by atoms with Crippen molar-refractivity contribution in [2.75, 3.05) is 27.3 Å². The summed E-state index contributed by atoms with van der Waals surface area (Å²) in [6, 6.07) is 21.1. The van der Waals surface area contributed by atoms with Crippen LogP contribution in [0, 0.1) is 0 Å². The highest BCUT2D eigenvalue weighted by molar-refractivity contribution is 5.93. The van der Waals surface area contributed by atoms with Gasteiger partial charge in [0.25, 0.3) is 0 Å². The quantitative estimate of drug-likeness (QED) is 0.287. The summed E-state index contributed by atoms with van der Waals surface area (Å²) in [5.74, 6) is 2.06. The number of hydrogen-bond donors (Lipinski definition) is 1. The van der Waals surface area contributed by atoms with E-state index in [1.165, 1.54) is 17.5 Å². The summed E-state index contributed by atoms with van der Waals surface area (Å²) in [7, 11) is 3.41. The number of hydrogen-bond acceptors (Lipinski definition) is 6. The van der Waals surface area contributed by atoms with Crippen molar-refractivity contribution in [2.24, 2.45) is 0 Å². The summed E-state index contributed by atoms with van der Waals surface area (Å²) in [6.07, 6.45) is 6.44. The fourth-order valence-corrected chi connectivity index (χ4v) is 6.18. The Morgan fingerprint density at radius 3 is 2.62 bits per heavy atom. The predicted octanol–water partition coefficient (Wildman–Crippen LogP) is 5.79. The van der Waals surface area contributed by atoms with Crippen LogP contribution in [0.3, 0.4) is 0 Å². The lowest BCUT2D eigenvalue weighted by Crippen LogP contribution is -2.08. The minimum absolute atomic E-state index is 0.465. The number of nitrogens with zero attached hydrogens (tertiary/aromatic N) is 4. The predicted molar refractivity (Wildman–Crippen MR) is 157 cm³/mol. The molecule has 2 aromatic carbocycles. The van der Waals surface area contributed by atoms with E-state index in [0.29, 0.717) is 12.5 Å². The largest absolute Gasteiger partial charge is 0.497 e. The molecule has 40 heavy (non-hydrogen) atoms. The van der Waals surface area contributed by atoms with E-state index in [4.69, 9.17) is 24.5 Å². The van der Waals surface area contributed by atoms with Crippen molar-refractivity contribution in [1.29, 1.82) is 0 Å². The highest BCUT2D eigenvalue weighted by Crippen LogP contribution is 2.39. The fourth-order valence-electron chi connectivity index (χ4n) is 6.18. The van der Waals surface area contributed by atoms with Crippen LogP contribution < -0.4 is 14.8 Å². The van der Waals surface area contributed by atoms with Crippen molar-refractivity contribution in [2.45, 2.75) is 38.1 Å². The summed E-state index contributed by atoms with van der Waals surface area (Å²) in [5, 5.41) is 8.56. The number of pyridine rings is 2. The summed E-state index contributed by atoms with van der Waals surface area (Å²) in [4.78, 5) is 10.2. The monoisotopic (exact) mass is 531 g/mol. The molecular formula is C33H33N5O2. The van der Waals surface area contributed by atoms with Crippen LogP contribution in [-0.4, -0.2) is 47.1 Å². The molecule has 1 saturated heterocycles. The zero-order valence-electron chi connectivity index (χ0n) is 23.0. The molecule has 0 spiro atoms. The second-order valence-corrected chi connectivity index (χ2v) is 10.7. The second-order valence-electron chi connectivity index (χ2n) is 10.7. The number of nitrogens with one attached hydrogen (secondary N) is 1. The molecule has 4 heterocycles. The van der Waals surface area contributed by atoms with Gasteiger partial charge in [0.15, 0.2) is 0 Å². The molecule has 1 unspecified atom stereocenters. The molecule has 0 saturated carbocycles. The number of fused-ring (bicyclic) bond motifs is 2. The SMILES string of the molecule is COc1ccc(Cn2nc(-c3ccc(C4CCNC4)nc3)c3nc(-c4cccc5c4CCC5)c(OC)cc32)cc1. The molecule has 1 N–H and O–H groups in total. The van der Waals surface area contributed by atoms with Crippen molar-refractivity contribution in [3.05, 3.63) is 89.2 Å². The summed E-state index contributed by atoms with van der Waals surface area (Å²) < 4.78 is 13.3. The molecule has 5 aromatic rings. The maximum atomic E-state index is 5.95. The molecule has 1 aliphatic carbocycles. The summed E-state index contributed by atoms with van der Waals surface area (Å²) in [6.45, 7) is 2.63. The zero-order valence-corrected chi connectivity index (χ0v) is 23.0. The van der Waals surface area contributed by atoms with Gasteiger partial charge in [-0.3, -0.25) is 9.67 Å². The van der Waals surface area contributed by atoms with E-state index in [0.717, 1.165) is 88.7 Å². The van der Waals surface area contributed by atoms with Crippen molar-refractivity contribution in [1.82, 2.24) is 25.1 Å². The molecule has 7 rings (SSSR count). The standard InChI is InChI=1S/C33H33N5O2/c1-39-25-12-9-21(10-13-25)20-38-29-17-30(40-2)32(27-8-4-6-22-5-3-7-26(22)27)36-33(29)31(37-38)24-11-14-28(35-19-24)23-15-16-34-18-23/h4,6,8-14,17,19,23,34H,3,5,7,15-16,18,20H2,1-2H3. The molecule has 2 aliphatic rings. The highest BCUT2D eigenvalue weighted by atomic mass is 16.5. The summed E-state index contributed by atoms with van der Waals surface area (Å²) in [5.41, 5.74) is 10.7. The van der Waals surface area contributed by atoms with Gasteiger partial charge in [-0.2, -0.15) is 5.10 Å². The topological polar surface area (TPSA) is 74.1 Å². The highest BCUT2D eigenvalue weighted by Gasteiger charge is 2.24. The van der Waals surface area contributed by atoms with Gasteiger partial charge in [0.05, 0.1) is 26.3 Å². The van der Waals surface area contributed by atoms with Crippen molar-refractivity contribution in [3.63, 3.8) is 0 Å². The van der Waals surface area contributed by atoms with Crippen molar-refractivity contribution >= 4 is 11.0 Å². The zero-order chi connectivity index (χ0) is 27.1. The first kappa shape index (κ1) is 24.8. The Morgan fingerprint density at radius 2 is 1.88 bits per heavy atom. The van der Waals surface area contributed by atoms with Gasteiger partial charge in [0, 0.05) is 41.5 Å². The molecule has 1 aliphatic heterocycles. The van der Waals surface area contributed by atoms with Crippen LogP contribution >= 0.6 is 0 Å². The second kappa shape index (κ2) is 10.4. The first-order valence-electron chi connectivity index (χ1n) is 14.1. The Morgan fingerprint density at radius 1 is 0.975 bits per heavy atom. The van der Waals surface area contributed by atoms with E-state index in [1.807, 2.05) is 23.0 Å². The van der Waals surface area contributed by atoms with E-state index in [9.17, 15) is 0 Å².